The summed E-state index contributed by atoms with van der Waals surface area (Å²) >= 11 is 0. The van der Waals surface area contributed by atoms with Gasteiger partial charge in [-0.15, -0.1) is 0 Å². The van der Waals surface area contributed by atoms with Gasteiger partial charge in [0.15, 0.2) is 0 Å². The number of amides is 1. The van der Waals surface area contributed by atoms with Crippen LogP contribution in [0.15, 0.2) is 54.2 Å². The molecule has 0 aliphatic carbocycles. The maximum absolute atomic E-state index is 12.9. The van der Waals surface area contributed by atoms with Gasteiger partial charge in [-0.1, -0.05) is 37.3 Å². The van der Waals surface area contributed by atoms with Crippen LogP contribution in [-0.4, -0.2) is 16.7 Å². The number of hydrogen-bond acceptors (Lipinski definition) is 3. The van der Waals surface area contributed by atoms with Crippen LogP contribution in [-0.2, 0) is 11.2 Å². The zero-order valence-electron chi connectivity index (χ0n) is 15.2. The SMILES string of the molecule is CCc1cccc2c(C(=O)/C(C#N)=C/c3ccc(NC(C)=O)cc3)c[nH]c12. The van der Waals surface area contributed by atoms with Gasteiger partial charge in [0.1, 0.15) is 11.6 Å². The number of aromatic amines is 1. The zero-order chi connectivity index (χ0) is 19.4. The van der Waals surface area contributed by atoms with Crippen molar-refractivity contribution in [2.45, 2.75) is 20.3 Å². The van der Waals surface area contributed by atoms with E-state index < -0.39 is 0 Å². The standard InChI is InChI=1S/C22H19N3O2/c1-3-16-5-4-6-19-20(13-24-21(16)19)22(27)17(12-23)11-15-7-9-18(10-8-15)25-14(2)26/h4-11,13,24H,3H2,1-2H3,(H,25,26)/b17-11+. The van der Waals surface area contributed by atoms with Crippen molar-refractivity contribution in [2.75, 3.05) is 5.32 Å². The van der Waals surface area contributed by atoms with Crippen molar-refractivity contribution < 1.29 is 9.59 Å². The summed E-state index contributed by atoms with van der Waals surface area (Å²) in [6.07, 6.45) is 4.08. The van der Waals surface area contributed by atoms with Crippen molar-refractivity contribution in [2.24, 2.45) is 0 Å². The van der Waals surface area contributed by atoms with Gasteiger partial charge in [0.2, 0.25) is 11.7 Å². The number of aryl methyl sites for hydroxylation is 1. The van der Waals surface area contributed by atoms with Gasteiger partial charge in [-0.25, -0.2) is 0 Å². The van der Waals surface area contributed by atoms with Crippen molar-refractivity contribution in [3.63, 3.8) is 0 Å². The van der Waals surface area contributed by atoms with Crippen LogP contribution in [0.3, 0.4) is 0 Å². The lowest BCUT2D eigenvalue weighted by atomic mass is 10.00. The van der Waals surface area contributed by atoms with E-state index in [0.717, 1.165) is 22.9 Å². The fraction of sp³-hybridized carbons (Fsp3) is 0.136. The quantitative estimate of drug-likeness (QED) is 0.401. The maximum Gasteiger partial charge on any atom is 0.221 e. The van der Waals surface area contributed by atoms with Crippen molar-refractivity contribution in [3.8, 4) is 6.07 Å². The maximum atomic E-state index is 12.9. The Bertz CT molecular complexity index is 1080. The molecule has 0 radical (unpaired) electrons. The van der Waals surface area contributed by atoms with Gasteiger partial charge in [0.05, 0.1) is 0 Å². The van der Waals surface area contributed by atoms with Gasteiger partial charge in [-0.05, 0) is 35.8 Å². The van der Waals surface area contributed by atoms with Crippen molar-refractivity contribution in [3.05, 3.63) is 70.9 Å². The van der Waals surface area contributed by atoms with Crippen LogP contribution in [0.5, 0.6) is 0 Å². The van der Waals surface area contributed by atoms with Crippen molar-refractivity contribution in [1.29, 1.82) is 5.26 Å². The number of carbonyl (C=O) groups excluding carboxylic acids is 2. The molecular formula is C22H19N3O2. The summed E-state index contributed by atoms with van der Waals surface area (Å²) in [7, 11) is 0. The molecule has 5 heteroatoms. The van der Waals surface area contributed by atoms with Gasteiger partial charge in [0.25, 0.3) is 0 Å². The lowest BCUT2D eigenvalue weighted by Gasteiger charge is -2.03. The summed E-state index contributed by atoms with van der Waals surface area (Å²) in [5, 5.41) is 13.0. The highest BCUT2D eigenvalue weighted by atomic mass is 16.1. The topological polar surface area (TPSA) is 85.8 Å². The van der Waals surface area contributed by atoms with Crippen molar-refractivity contribution >= 4 is 34.4 Å². The first-order valence-corrected chi connectivity index (χ1v) is 8.66. The number of hydrogen-bond donors (Lipinski definition) is 2. The number of fused-ring (bicyclic) bond motifs is 1. The molecule has 0 spiro atoms. The third-order valence-corrected chi connectivity index (χ3v) is 4.33. The number of nitrogens with one attached hydrogen (secondary N) is 2. The number of para-hydroxylation sites is 1. The fourth-order valence-corrected chi connectivity index (χ4v) is 3.03. The third kappa shape index (κ3) is 3.80. The molecular weight excluding hydrogens is 338 g/mol. The highest BCUT2D eigenvalue weighted by Gasteiger charge is 2.17. The van der Waals surface area contributed by atoms with Crippen LogP contribution in [0.4, 0.5) is 5.69 Å². The summed E-state index contributed by atoms with van der Waals surface area (Å²) in [6.45, 7) is 3.49. The first kappa shape index (κ1) is 18.2. The number of H-pyrrole nitrogens is 1. The van der Waals surface area contributed by atoms with E-state index in [0.29, 0.717) is 16.8 Å². The number of carbonyl (C=O) groups is 2. The molecule has 27 heavy (non-hydrogen) atoms. The molecule has 0 aliphatic rings. The smallest absolute Gasteiger partial charge is 0.221 e. The molecule has 3 rings (SSSR count). The normalized spacial score (nSPS) is 11.2. The largest absolute Gasteiger partial charge is 0.360 e. The number of ketones is 1. The molecule has 1 amide bonds. The molecule has 1 aromatic heterocycles. The van der Waals surface area contributed by atoms with Crippen molar-refractivity contribution in [1.82, 2.24) is 4.98 Å². The van der Waals surface area contributed by atoms with E-state index in [4.69, 9.17) is 0 Å². The second kappa shape index (κ2) is 7.71. The molecule has 0 aliphatic heterocycles. The molecule has 0 unspecified atom stereocenters. The number of nitriles is 1. The first-order chi connectivity index (χ1) is 13.0. The molecule has 0 fully saturated rings. The number of rotatable bonds is 5. The lowest BCUT2D eigenvalue weighted by molar-refractivity contribution is -0.114. The lowest BCUT2D eigenvalue weighted by Crippen LogP contribution is -2.05. The van der Waals surface area contributed by atoms with E-state index in [1.807, 2.05) is 24.3 Å². The van der Waals surface area contributed by atoms with E-state index in [1.54, 1.807) is 36.5 Å². The van der Waals surface area contributed by atoms with Gasteiger partial charge < -0.3 is 10.3 Å². The Labute approximate surface area is 157 Å². The molecule has 0 bridgehead atoms. The molecule has 2 N–H and O–H groups in total. The Morgan fingerprint density at radius 2 is 1.93 bits per heavy atom. The summed E-state index contributed by atoms with van der Waals surface area (Å²) in [6, 6.07) is 14.8. The third-order valence-electron chi connectivity index (χ3n) is 4.33. The Balaban J connectivity index is 1.94. The number of aromatic nitrogens is 1. The molecule has 3 aromatic rings. The molecule has 0 atom stereocenters. The molecule has 134 valence electrons. The molecule has 0 saturated heterocycles. The van der Waals surface area contributed by atoms with E-state index in [9.17, 15) is 14.9 Å². The van der Waals surface area contributed by atoms with Gasteiger partial charge >= 0.3 is 0 Å². The minimum atomic E-state index is -0.317. The van der Waals surface area contributed by atoms with E-state index in [2.05, 4.69) is 17.2 Å². The number of Topliss-reactive ketones (excluding diaryl/α,β-unsaturated/α-hetero) is 1. The average Bonchev–Trinajstić information content (AvgIpc) is 3.10. The predicted octanol–water partition coefficient (Wildman–Crippen LogP) is 4.48. The summed E-state index contributed by atoms with van der Waals surface area (Å²) in [4.78, 5) is 27.1. The van der Waals surface area contributed by atoms with Crippen LogP contribution in [0, 0.1) is 11.3 Å². The first-order valence-electron chi connectivity index (χ1n) is 8.66. The fourth-order valence-electron chi connectivity index (χ4n) is 3.03. The monoisotopic (exact) mass is 357 g/mol. The van der Waals surface area contributed by atoms with Crippen LogP contribution < -0.4 is 5.32 Å². The molecule has 1 heterocycles. The number of benzene rings is 2. The predicted molar refractivity (Wildman–Crippen MR) is 106 cm³/mol. The summed E-state index contributed by atoms with van der Waals surface area (Å²) in [5.41, 5.74) is 3.98. The minimum absolute atomic E-state index is 0.0603. The van der Waals surface area contributed by atoms with Crippen LogP contribution in [0.2, 0.25) is 0 Å². The molecule has 2 aromatic carbocycles. The Kier molecular flexibility index (Phi) is 5.18. The number of allylic oxidation sites excluding steroid dienone is 1. The van der Waals surface area contributed by atoms with E-state index in [-0.39, 0.29) is 17.3 Å². The van der Waals surface area contributed by atoms with Crippen LogP contribution in [0.1, 0.15) is 35.3 Å². The molecule has 0 saturated carbocycles. The van der Waals surface area contributed by atoms with Gasteiger partial charge in [0, 0.05) is 35.3 Å². The second-order valence-corrected chi connectivity index (χ2v) is 6.20. The highest BCUT2D eigenvalue weighted by Crippen LogP contribution is 2.25. The Morgan fingerprint density at radius 3 is 2.56 bits per heavy atom. The van der Waals surface area contributed by atoms with Gasteiger partial charge in [-0.3, -0.25) is 9.59 Å². The minimum Gasteiger partial charge on any atom is -0.360 e. The number of nitrogens with zero attached hydrogens (tertiary/aromatic N) is 1. The van der Waals surface area contributed by atoms with Crippen LogP contribution in [0.25, 0.3) is 17.0 Å². The van der Waals surface area contributed by atoms with E-state index in [1.165, 1.54) is 6.92 Å². The average molecular weight is 357 g/mol. The Morgan fingerprint density at radius 1 is 1.19 bits per heavy atom. The number of anilines is 1. The Hall–Kier alpha value is -3.65. The highest BCUT2D eigenvalue weighted by molar-refractivity contribution is 6.20. The summed E-state index contributed by atoms with van der Waals surface area (Å²) in [5.74, 6) is -0.472. The molecule has 5 nitrogen and oxygen atoms in total. The van der Waals surface area contributed by atoms with E-state index >= 15 is 0 Å². The zero-order valence-corrected chi connectivity index (χ0v) is 15.2. The van der Waals surface area contributed by atoms with Crippen LogP contribution >= 0.6 is 0 Å². The second-order valence-electron chi connectivity index (χ2n) is 6.20. The van der Waals surface area contributed by atoms with Gasteiger partial charge in [-0.2, -0.15) is 5.26 Å². The summed E-state index contributed by atoms with van der Waals surface area (Å²) < 4.78 is 0.